The van der Waals surface area contributed by atoms with E-state index in [-0.39, 0.29) is 21.4 Å². The highest BCUT2D eigenvalue weighted by atomic mass is 35.5. The fourth-order valence-corrected chi connectivity index (χ4v) is 3.90. The number of rotatable bonds is 6. The van der Waals surface area contributed by atoms with Crippen LogP contribution in [0.1, 0.15) is 16.8 Å². The van der Waals surface area contributed by atoms with Gasteiger partial charge in [-0.1, -0.05) is 23.2 Å². The lowest BCUT2D eigenvalue weighted by Gasteiger charge is -2.20. The zero-order valence-electron chi connectivity index (χ0n) is 16.3. The third-order valence-corrected chi connectivity index (χ3v) is 5.51. The molecule has 2 aromatic carbocycles. The summed E-state index contributed by atoms with van der Waals surface area (Å²) < 4.78 is 74.3. The van der Waals surface area contributed by atoms with Crippen molar-refractivity contribution >= 4 is 45.8 Å². The molecule has 3 rings (SSSR count). The SMILES string of the molecule is CS(=O)NC(=O)c1cc(Cl)c(OC2CCN(c3ccc(OC(F)(F)F)c(Cl)c3)C2)cc1F. The summed E-state index contributed by atoms with van der Waals surface area (Å²) in [6.07, 6.45) is -3.51. The molecule has 0 aromatic heterocycles. The smallest absolute Gasteiger partial charge is 0.487 e. The van der Waals surface area contributed by atoms with Gasteiger partial charge in [0.05, 0.1) is 22.2 Å². The lowest BCUT2D eigenvalue weighted by atomic mass is 10.2. The Balaban J connectivity index is 1.68. The van der Waals surface area contributed by atoms with E-state index in [1.165, 1.54) is 18.4 Å². The maximum atomic E-state index is 14.3. The molecule has 0 aliphatic carbocycles. The van der Waals surface area contributed by atoms with E-state index >= 15 is 0 Å². The lowest BCUT2D eigenvalue weighted by Crippen LogP contribution is -2.26. The molecular weight excluding hydrogens is 499 g/mol. The van der Waals surface area contributed by atoms with Crippen molar-refractivity contribution in [2.24, 2.45) is 0 Å². The van der Waals surface area contributed by atoms with Crippen LogP contribution in [0.25, 0.3) is 0 Å². The van der Waals surface area contributed by atoms with Crippen LogP contribution in [0.2, 0.25) is 10.0 Å². The number of anilines is 1. The minimum Gasteiger partial charge on any atom is -0.487 e. The molecule has 32 heavy (non-hydrogen) atoms. The van der Waals surface area contributed by atoms with Gasteiger partial charge in [0.1, 0.15) is 34.4 Å². The van der Waals surface area contributed by atoms with Crippen molar-refractivity contribution in [1.29, 1.82) is 0 Å². The van der Waals surface area contributed by atoms with Crippen LogP contribution in [-0.4, -0.2) is 41.9 Å². The number of halogens is 6. The third-order valence-electron chi connectivity index (χ3n) is 4.45. The molecule has 0 bridgehead atoms. The Labute approximate surface area is 193 Å². The van der Waals surface area contributed by atoms with Gasteiger partial charge in [-0.2, -0.15) is 0 Å². The van der Waals surface area contributed by atoms with E-state index in [1.54, 1.807) is 0 Å². The summed E-state index contributed by atoms with van der Waals surface area (Å²) in [4.78, 5) is 13.7. The summed E-state index contributed by atoms with van der Waals surface area (Å²) in [6.45, 7) is 0.841. The van der Waals surface area contributed by atoms with Crippen LogP contribution in [-0.2, 0) is 11.0 Å². The van der Waals surface area contributed by atoms with E-state index in [4.69, 9.17) is 27.9 Å². The average Bonchev–Trinajstić information content (AvgIpc) is 3.13. The summed E-state index contributed by atoms with van der Waals surface area (Å²) in [7, 11) is -1.67. The van der Waals surface area contributed by atoms with E-state index in [2.05, 4.69) is 9.46 Å². The molecule has 13 heteroatoms. The molecule has 1 saturated heterocycles. The van der Waals surface area contributed by atoms with Crippen LogP contribution in [0.15, 0.2) is 30.3 Å². The number of benzene rings is 2. The Morgan fingerprint density at radius 1 is 1.19 bits per heavy atom. The molecule has 1 amide bonds. The number of nitrogens with zero attached hydrogens (tertiary/aromatic N) is 1. The van der Waals surface area contributed by atoms with Crippen LogP contribution >= 0.6 is 23.2 Å². The van der Waals surface area contributed by atoms with Gasteiger partial charge in [0.25, 0.3) is 5.91 Å². The predicted octanol–water partition coefficient (Wildman–Crippen LogP) is 4.71. The van der Waals surface area contributed by atoms with E-state index < -0.39 is 40.9 Å². The highest BCUT2D eigenvalue weighted by molar-refractivity contribution is 7.82. The first-order valence-electron chi connectivity index (χ1n) is 9.03. The Hall–Kier alpha value is -2.24. The molecule has 2 unspecified atom stereocenters. The number of carbonyl (C=O) groups excluding carboxylic acids is 1. The first-order valence-corrected chi connectivity index (χ1v) is 11.3. The maximum Gasteiger partial charge on any atom is 0.573 e. The third kappa shape index (κ3) is 6.17. The second kappa shape index (κ2) is 9.72. The van der Waals surface area contributed by atoms with Gasteiger partial charge in [-0.15, -0.1) is 13.2 Å². The number of hydrogen-bond acceptors (Lipinski definition) is 5. The zero-order valence-corrected chi connectivity index (χ0v) is 18.7. The van der Waals surface area contributed by atoms with Crippen molar-refractivity contribution in [2.75, 3.05) is 24.2 Å². The largest absolute Gasteiger partial charge is 0.573 e. The molecule has 2 atom stereocenters. The van der Waals surface area contributed by atoms with Gasteiger partial charge in [-0.3, -0.25) is 9.52 Å². The second-order valence-electron chi connectivity index (χ2n) is 6.78. The maximum absolute atomic E-state index is 14.3. The number of hydrogen-bond donors (Lipinski definition) is 1. The van der Waals surface area contributed by atoms with Gasteiger partial charge >= 0.3 is 6.36 Å². The van der Waals surface area contributed by atoms with Crippen LogP contribution in [0, 0.1) is 5.82 Å². The Bertz CT molecular complexity index is 1050. The Kier molecular flexibility index (Phi) is 7.41. The molecule has 0 spiro atoms. The molecule has 0 radical (unpaired) electrons. The predicted molar refractivity (Wildman–Crippen MR) is 112 cm³/mol. The monoisotopic (exact) mass is 514 g/mol. The number of nitrogens with one attached hydrogen (secondary N) is 1. The van der Waals surface area contributed by atoms with Crippen molar-refractivity contribution in [2.45, 2.75) is 18.9 Å². The van der Waals surface area contributed by atoms with Crippen LogP contribution < -0.4 is 19.1 Å². The molecule has 1 aliphatic heterocycles. The van der Waals surface area contributed by atoms with Crippen LogP contribution in [0.4, 0.5) is 23.2 Å². The van der Waals surface area contributed by atoms with Gasteiger partial charge < -0.3 is 14.4 Å². The first-order chi connectivity index (χ1) is 14.9. The molecule has 1 heterocycles. The van der Waals surface area contributed by atoms with Gasteiger partial charge in [0.15, 0.2) is 0 Å². The molecule has 1 aliphatic rings. The van der Waals surface area contributed by atoms with Crippen molar-refractivity contribution in [3.8, 4) is 11.5 Å². The minimum absolute atomic E-state index is 0.00594. The fraction of sp³-hybridized carbons (Fsp3) is 0.316. The molecule has 1 N–H and O–H groups in total. The molecule has 0 saturated carbocycles. The molecule has 2 aromatic rings. The summed E-state index contributed by atoms with van der Waals surface area (Å²) in [5.41, 5.74) is 0.189. The van der Waals surface area contributed by atoms with Crippen molar-refractivity contribution in [3.05, 3.63) is 51.8 Å². The highest BCUT2D eigenvalue weighted by Crippen LogP contribution is 2.35. The summed E-state index contributed by atoms with van der Waals surface area (Å²) in [5.74, 6) is -2.25. The van der Waals surface area contributed by atoms with Crippen molar-refractivity contribution < 1.29 is 36.0 Å². The van der Waals surface area contributed by atoms with Gasteiger partial charge in [-0.05, 0) is 24.3 Å². The quantitative estimate of drug-likeness (QED) is 0.565. The Morgan fingerprint density at radius 2 is 1.88 bits per heavy atom. The molecular formula is C19H16Cl2F4N2O4S. The summed E-state index contributed by atoms with van der Waals surface area (Å²) in [5, 5.41) is -0.204. The summed E-state index contributed by atoms with van der Waals surface area (Å²) >= 11 is 12.0. The van der Waals surface area contributed by atoms with Gasteiger partial charge in [-0.25, -0.2) is 8.60 Å². The standard InChI is InChI=1S/C19H16Cl2F4N2O4S/c1-32(29)26-18(28)12-7-14(21)17(8-15(12)22)30-11-4-5-27(9-11)10-2-3-16(13(20)6-10)31-19(23,24)25/h2-3,6-8,11H,4-5,9H2,1H3,(H,26,28). The lowest BCUT2D eigenvalue weighted by molar-refractivity contribution is -0.274. The van der Waals surface area contributed by atoms with Gasteiger partial charge in [0.2, 0.25) is 0 Å². The molecule has 1 fully saturated rings. The molecule has 6 nitrogen and oxygen atoms in total. The van der Waals surface area contributed by atoms with Gasteiger partial charge in [0, 0.05) is 31.0 Å². The van der Waals surface area contributed by atoms with Crippen molar-refractivity contribution in [1.82, 2.24) is 4.72 Å². The first kappa shape index (κ1) is 24.4. The van der Waals surface area contributed by atoms with Crippen molar-refractivity contribution in [3.63, 3.8) is 0 Å². The number of ether oxygens (including phenoxy) is 2. The summed E-state index contributed by atoms with van der Waals surface area (Å²) in [6, 6.07) is 5.97. The highest BCUT2D eigenvalue weighted by Gasteiger charge is 2.32. The normalized spacial score (nSPS) is 17.2. The topological polar surface area (TPSA) is 67.9 Å². The van der Waals surface area contributed by atoms with E-state index in [0.29, 0.717) is 25.2 Å². The number of amides is 1. The zero-order chi connectivity index (χ0) is 23.6. The fourth-order valence-electron chi connectivity index (χ4n) is 3.11. The number of carbonyl (C=O) groups is 1. The molecule has 174 valence electrons. The number of alkyl halides is 3. The van der Waals surface area contributed by atoms with Crippen LogP contribution in [0.5, 0.6) is 11.5 Å². The van der Waals surface area contributed by atoms with Crippen LogP contribution in [0.3, 0.4) is 0 Å². The minimum atomic E-state index is -4.85. The van der Waals surface area contributed by atoms with E-state index in [9.17, 15) is 26.6 Å². The average molecular weight is 515 g/mol. The van der Waals surface area contributed by atoms with E-state index in [1.807, 2.05) is 4.90 Å². The second-order valence-corrected chi connectivity index (χ2v) is 8.71. The van der Waals surface area contributed by atoms with E-state index in [0.717, 1.165) is 18.2 Å². The Morgan fingerprint density at radius 3 is 2.50 bits per heavy atom.